The number of ether oxygens (including phenoxy) is 1. The summed E-state index contributed by atoms with van der Waals surface area (Å²) in [5, 5.41) is 5.69. The van der Waals surface area contributed by atoms with Crippen LogP contribution in [0.1, 0.15) is 116 Å². The van der Waals surface area contributed by atoms with E-state index < -0.39 is 41.1 Å². The molecule has 1 aromatic rings. The Morgan fingerprint density at radius 1 is 0.925 bits per heavy atom. The van der Waals surface area contributed by atoms with Gasteiger partial charge in [0.15, 0.2) is 0 Å². The van der Waals surface area contributed by atoms with Crippen LogP contribution in [-0.4, -0.2) is 52.4 Å². The summed E-state index contributed by atoms with van der Waals surface area (Å²) >= 11 is 0. The van der Waals surface area contributed by atoms with E-state index in [1.807, 2.05) is 52.8 Å². The highest BCUT2D eigenvalue weighted by Crippen LogP contribution is 2.27. The zero-order valence-corrected chi connectivity index (χ0v) is 26.1. The Labute approximate surface area is 241 Å². The molecule has 9 heteroatoms. The van der Waals surface area contributed by atoms with Gasteiger partial charge in [0.2, 0.25) is 17.7 Å². The van der Waals surface area contributed by atoms with Crippen molar-refractivity contribution in [3.8, 4) is 0 Å². The van der Waals surface area contributed by atoms with E-state index in [0.717, 1.165) is 36.8 Å². The summed E-state index contributed by atoms with van der Waals surface area (Å²) in [5.74, 6) is -1.37. The zero-order chi connectivity index (χ0) is 30.7. The number of nitrogens with one attached hydrogen (secondary N) is 2. The van der Waals surface area contributed by atoms with Crippen molar-refractivity contribution in [3.63, 3.8) is 0 Å². The number of amides is 4. The first-order chi connectivity index (χ1) is 18.4. The molecule has 0 aliphatic carbocycles. The van der Waals surface area contributed by atoms with Gasteiger partial charge in [-0.3, -0.25) is 14.4 Å². The minimum atomic E-state index is -1.10. The molecule has 4 amide bonds. The normalized spacial score (nSPS) is 13.2. The first-order valence-electron chi connectivity index (χ1n) is 14.4. The third kappa shape index (κ3) is 13.3. The predicted molar refractivity (Wildman–Crippen MR) is 159 cm³/mol. The molecular weight excluding hydrogens is 508 g/mol. The summed E-state index contributed by atoms with van der Waals surface area (Å²) in [6.07, 6.45) is 3.85. The lowest BCUT2D eigenvalue weighted by Crippen LogP contribution is -2.55. The van der Waals surface area contributed by atoms with Crippen LogP contribution in [0.5, 0.6) is 0 Å². The molecule has 0 aliphatic heterocycles. The van der Waals surface area contributed by atoms with E-state index in [0.29, 0.717) is 18.5 Å². The minimum absolute atomic E-state index is 0.0137. The molecule has 0 spiro atoms. The molecule has 0 aromatic heterocycles. The van der Waals surface area contributed by atoms with Crippen LogP contribution in [0.4, 0.5) is 4.79 Å². The zero-order valence-electron chi connectivity index (χ0n) is 26.1. The van der Waals surface area contributed by atoms with Crippen molar-refractivity contribution in [2.24, 2.45) is 5.73 Å². The standard InChI is InChI=1S/C31H52N4O5/c1-10-11-12-13-14-17-35(28(38)24(15-16-25(32)36)33-29(39)40-31(7,8)9)26(27(37)34-30(4,5)6)23-19-21(2)18-22(3)20-23/h18-20,24,26H,10-17H2,1-9H3,(H2,32,36)(H,33,39)(H,34,37). The van der Waals surface area contributed by atoms with Crippen LogP contribution >= 0.6 is 0 Å². The smallest absolute Gasteiger partial charge is 0.408 e. The summed E-state index contributed by atoms with van der Waals surface area (Å²) < 4.78 is 5.40. The van der Waals surface area contributed by atoms with Gasteiger partial charge in [-0.15, -0.1) is 0 Å². The lowest BCUT2D eigenvalue weighted by Gasteiger charge is -2.36. The summed E-state index contributed by atoms with van der Waals surface area (Å²) in [7, 11) is 0. The van der Waals surface area contributed by atoms with Crippen molar-refractivity contribution in [3.05, 3.63) is 34.9 Å². The average Bonchev–Trinajstić information content (AvgIpc) is 2.77. The van der Waals surface area contributed by atoms with Crippen LogP contribution in [-0.2, 0) is 19.1 Å². The molecule has 4 N–H and O–H groups in total. The van der Waals surface area contributed by atoms with Crippen molar-refractivity contribution in [2.45, 2.75) is 130 Å². The molecule has 2 atom stereocenters. The number of nitrogens with zero attached hydrogens (tertiary/aromatic N) is 1. The van der Waals surface area contributed by atoms with E-state index >= 15 is 0 Å². The van der Waals surface area contributed by atoms with E-state index in [4.69, 9.17) is 10.5 Å². The highest BCUT2D eigenvalue weighted by molar-refractivity contribution is 5.92. The van der Waals surface area contributed by atoms with E-state index in [1.165, 1.54) is 0 Å². The van der Waals surface area contributed by atoms with Gasteiger partial charge in [-0.2, -0.15) is 0 Å². The van der Waals surface area contributed by atoms with E-state index in [2.05, 4.69) is 17.6 Å². The second kappa shape index (κ2) is 15.6. The number of carbonyl (C=O) groups excluding carboxylic acids is 4. The van der Waals surface area contributed by atoms with E-state index in [-0.39, 0.29) is 18.7 Å². The van der Waals surface area contributed by atoms with Crippen molar-refractivity contribution >= 4 is 23.8 Å². The van der Waals surface area contributed by atoms with Gasteiger partial charge in [-0.05, 0) is 73.8 Å². The molecular formula is C31H52N4O5. The molecule has 1 rings (SSSR count). The lowest BCUT2D eigenvalue weighted by atomic mass is 9.96. The first kappa shape index (κ1) is 34.9. The second-order valence-corrected chi connectivity index (χ2v) is 12.7. The number of primary amides is 1. The number of unbranched alkanes of at least 4 members (excludes halogenated alkanes) is 4. The largest absolute Gasteiger partial charge is 0.444 e. The summed E-state index contributed by atoms with van der Waals surface area (Å²) in [5.41, 5.74) is 6.71. The third-order valence-electron chi connectivity index (χ3n) is 6.07. The Kier molecular flexibility index (Phi) is 13.6. The Balaban J connectivity index is 3.59. The maximum atomic E-state index is 14.3. The number of rotatable bonds is 14. The van der Waals surface area contributed by atoms with Crippen LogP contribution in [0.2, 0.25) is 0 Å². The molecule has 1 aromatic carbocycles. The van der Waals surface area contributed by atoms with E-state index in [1.54, 1.807) is 25.7 Å². The molecule has 2 unspecified atom stereocenters. The van der Waals surface area contributed by atoms with Crippen LogP contribution in [0.25, 0.3) is 0 Å². The van der Waals surface area contributed by atoms with Gasteiger partial charge in [0.05, 0.1) is 0 Å². The van der Waals surface area contributed by atoms with Crippen LogP contribution in [0.15, 0.2) is 18.2 Å². The number of aryl methyl sites for hydroxylation is 2. The third-order valence-corrected chi connectivity index (χ3v) is 6.07. The predicted octanol–water partition coefficient (Wildman–Crippen LogP) is 5.22. The maximum absolute atomic E-state index is 14.3. The molecule has 0 bridgehead atoms. The monoisotopic (exact) mass is 560 g/mol. The summed E-state index contributed by atoms with van der Waals surface area (Å²) in [6.45, 7) is 17.2. The van der Waals surface area contributed by atoms with Crippen molar-refractivity contribution in [1.29, 1.82) is 0 Å². The van der Waals surface area contributed by atoms with Crippen molar-refractivity contribution in [2.75, 3.05) is 6.54 Å². The molecule has 9 nitrogen and oxygen atoms in total. The van der Waals surface area contributed by atoms with Gasteiger partial charge >= 0.3 is 6.09 Å². The van der Waals surface area contributed by atoms with Crippen LogP contribution in [0.3, 0.4) is 0 Å². The molecule has 0 fully saturated rings. The molecule has 0 aliphatic rings. The number of alkyl carbamates (subject to hydrolysis) is 1. The Hall–Kier alpha value is -3.10. The molecule has 0 radical (unpaired) electrons. The van der Waals surface area contributed by atoms with Gasteiger partial charge in [-0.25, -0.2) is 4.79 Å². The fourth-order valence-corrected chi connectivity index (χ4v) is 4.52. The average molecular weight is 561 g/mol. The first-order valence-corrected chi connectivity index (χ1v) is 14.4. The molecule has 40 heavy (non-hydrogen) atoms. The molecule has 226 valence electrons. The van der Waals surface area contributed by atoms with Crippen molar-refractivity contribution < 1.29 is 23.9 Å². The van der Waals surface area contributed by atoms with Gasteiger partial charge in [0.25, 0.3) is 0 Å². The fraction of sp³-hybridized carbons (Fsp3) is 0.677. The summed E-state index contributed by atoms with van der Waals surface area (Å²) in [4.78, 5) is 54.1. The Morgan fingerprint density at radius 2 is 1.50 bits per heavy atom. The van der Waals surface area contributed by atoms with Crippen LogP contribution in [0, 0.1) is 13.8 Å². The number of benzene rings is 1. The van der Waals surface area contributed by atoms with Gasteiger partial charge in [0.1, 0.15) is 17.7 Å². The highest BCUT2D eigenvalue weighted by Gasteiger charge is 2.37. The SMILES string of the molecule is CCCCCCCN(C(=O)C(CCC(N)=O)NC(=O)OC(C)(C)C)C(C(=O)NC(C)(C)C)c1cc(C)cc(C)c1. The number of nitrogens with two attached hydrogens (primary N) is 1. The Morgan fingerprint density at radius 3 is 2.00 bits per heavy atom. The van der Waals surface area contributed by atoms with E-state index in [9.17, 15) is 19.2 Å². The van der Waals surface area contributed by atoms with Gasteiger partial charge < -0.3 is 26.0 Å². The molecule has 0 saturated carbocycles. The second-order valence-electron chi connectivity index (χ2n) is 12.7. The van der Waals surface area contributed by atoms with Crippen LogP contribution < -0.4 is 16.4 Å². The minimum Gasteiger partial charge on any atom is -0.444 e. The summed E-state index contributed by atoms with van der Waals surface area (Å²) in [6, 6.07) is 3.80. The Bertz CT molecular complexity index is 990. The molecule has 0 heterocycles. The number of hydrogen-bond donors (Lipinski definition) is 3. The fourth-order valence-electron chi connectivity index (χ4n) is 4.52. The molecule has 0 saturated heterocycles. The topological polar surface area (TPSA) is 131 Å². The number of hydrogen-bond acceptors (Lipinski definition) is 5. The van der Waals surface area contributed by atoms with Crippen molar-refractivity contribution in [1.82, 2.24) is 15.5 Å². The lowest BCUT2D eigenvalue weighted by molar-refractivity contribution is -0.143. The quantitative estimate of drug-likeness (QED) is 0.269. The highest BCUT2D eigenvalue weighted by atomic mass is 16.6. The van der Waals surface area contributed by atoms with Gasteiger partial charge in [0, 0.05) is 18.5 Å². The maximum Gasteiger partial charge on any atom is 0.408 e. The number of carbonyl (C=O) groups is 4. The van der Waals surface area contributed by atoms with Gasteiger partial charge in [-0.1, -0.05) is 61.9 Å².